The molecule has 0 atom stereocenters. The topological polar surface area (TPSA) is 45.0 Å². The number of hydrogen-bond donors (Lipinski definition) is 1. The van der Waals surface area contributed by atoms with E-state index >= 15 is 0 Å². The number of rotatable bonds is 4. The molecule has 0 aromatic heterocycles. The van der Waals surface area contributed by atoms with Crippen molar-refractivity contribution in [1.29, 1.82) is 5.26 Å². The Bertz CT molecular complexity index is 555. The summed E-state index contributed by atoms with van der Waals surface area (Å²) in [5.74, 6) is 1.32. The molecule has 3 heteroatoms. The third kappa shape index (κ3) is 2.88. The Balaban J connectivity index is 2.16. The Morgan fingerprint density at radius 1 is 1.11 bits per heavy atom. The monoisotopic (exact) mass is 238 g/mol. The summed E-state index contributed by atoms with van der Waals surface area (Å²) >= 11 is 0. The molecule has 0 aliphatic carbocycles. The lowest BCUT2D eigenvalue weighted by Gasteiger charge is -2.07. The van der Waals surface area contributed by atoms with Gasteiger partial charge in [0.2, 0.25) is 0 Å². The van der Waals surface area contributed by atoms with Crippen LogP contribution >= 0.6 is 0 Å². The van der Waals surface area contributed by atoms with Crippen LogP contribution in [0.3, 0.4) is 0 Å². The highest BCUT2D eigenvalue weighted by Crippen LogP contribution is 2.24. The van der Waals surface area contributed by atoms with Crippen molar-refractivity contribution in [2.45, 2.75) is 6.54 Å². The second-order valence-corrected chi connectivity index (χ2v) is 3.88. The van der Waals surface area contributed by atoms with E-state index in [4.69, 9.17) is 10.00 Å². The maximum absolute atomic E-state index is 8.97. The maximum Gasteiger partial charge on any atom is 0.145 e. The number of hydrogen-bond acceptors (Lipinski definition) is 3. The number of benzene rings is 2. The van der Waals surface area contributed by atoms with Crippen LogP contribution in [0.2, 0.25) is 0 Å². The van der Waals surface area contributed by atoms with Crippen molar-refractivity contribution in [3.8, 4) is 17.6 Å². The zero-order valence-corrected chi connectivity index (χ0v) is 10.2. The zero-order valence-electron chi connectivity index (χ0n) is 10.2. The van der Waals surface area contributed by atoms with E-state index < -0.39 is 0 Å². The van der Waals surface area contributed by atoms with Gasteiger partial charge in [-0.3, -0.25) is 0 Å². The third-order valence-corrected chi connectivity index (χ3v) is 2.54. The van der Waals surface area contributed by atoms with Crippen LogP contribution in [0.1, 0.15) is 11.1 Å². The van der Waals surface area contributed by atoms with E-state index in [1.807, 2.05) is 43.4 Å². The highest BCUT2D eigenvalue weighted by molar-refractivity contribution is 5.45. The molecule has 90 valence electrons. The van der Waals surface area contributed by atoms with Gasteiger partial charge in [0, 0.05) is 6.54 Å². The molecule has 0 saturated carbocycles. The minimum absolute atomic E-state index is 0.539. The average Bonchev–Trinajstić information content (AvgIpc) is 2.42. The van der Waals surface area contributed by atoms with Gasteiger partial charge in [0.1, 0.15) is 17.6 Å². The Morgan fingerprint density at radius 2 is 1.83 bits per heavy atom. The molecule has 2 rings (SSSR count). The highest BCUT2D eigenvalue weighted by atomic mass is 16.5. The lowest BCUT2D eigenvalue weighted by atomic mass is 10.2. The van der Waals surface area contributed by atoms with Crippen molar-refractivity contribution in [3.63, 3.8) is 0 Å². The molecule has 0 radical (unpaired) electrons. The van der Waals surface area contributed by atoms with Crippen LogP contribution in [0.15, 0.2) is 48.5 Å². The van der Waals surface area contributed by atoms with E-state index in [2.05, 4.69) is 11.4 Å². The molecule has 0 aliphatic heterocycles. The van der Waals surface area contributed by atoms with Gasteiger partial charge in [-0.2, -0.15) is 5.26 Å². The molecule has 0 fully saturated rings. The third-order valence-electron chi connectivity index (χ3n) is 2.54. The zero-order chi connectivity index (χ0) is 12.8. The second-order valence-electron chi connectivity index (χ2n) is 3.88. The number of nitrogens with zero attached hydrogens (tertiary/aromatic N) is 1. The standard InChI is InChI=1S/C15H14N2O/c1-17-11-12-6-8-14(9-7-12)18-15-5-3-2-4-13(15)10-16/h2-9,17H,11H2,1H3. The van der Waals surface area contributed by atoms with Gasteiger partial charge in [-0.15, -0.1) is 0 Å². The molecular weight excluding hydrogens is 224 g/mol. The highest BCUT2D eigenvalue weighted by Gasteiger charge is 2.03. The largest absolute Gasteiger partial charge is 0.456 e. The predicted molar refractivity (Wildman–Crippen MR) is 70.4 cm³/mol. The summed E-state index contributed by atoms with van der Waals surface area (Å²) in [4.78, 5) is 0. The SMILES string of the molecule is CNCc1ccc(Oc2ccccc2C#N)cc1. The molecule has 18 heavy (non-hydrogen) atoms. The first-order valence-electron chi connectivity index (χ1n) is 5.74. The molecule has 0 bridgehead atoms. The quantitative estimate of drug-likeness (QED) is 0.890. The van der Waals surface area contributed by atoms with Gasteiger partial charge < -0.3 is 10.1 Å². The number of nitriles is 1. The van der Waals surface area contributed by atoms with Crippen LogP contribution in [-0.4, -0.2) is 7.05 Å². The Kier molecular flexibility index (Phi) is 3.95. The van der Waals surface area contributed by atoms with Crippen molar-refractivity contribution in [1.82, 2.24) is 5.32 Å². The Morgan fingerprint density at radius 3 is 2.50 bits per heavy atom. The molecule has 1 N–H and O–H groups in total. The number of para-hydroxylation sites is 1. The summed E-state index contributed by atoms with van der Waals surface area (Å²) in [6.07, 6.45) is 0. The minimum atomic E-state index is 0.539. The second kappa shape index (κ2) is 5.85. The molecule has 0 unspecified atom stereocenters. The molecule has 3 nitrogen and oxygen atoms in total. The molecule has 0 heterocycles. The lowest BCUT2D eigenvalue weighted by molar-refractivity contribution is 0.481. The number of ether oxygens (including phenoxy) is 1. The van der Waals surface area contributed by atoms with E-state index in [0.29, 0.717) is 11.3 Å². The average molecular weight is 238 g/mol. The predicted octanol–water partition coefficient (Wildman–Crippen LogP) is 3.07. The fourth-order valence-electron chi connectivity index (χ4n) is 1.65. The van der Waals surface area contributed by atoms with Crippen molar-refractivity contribution in [3.05, 3.63) is 59.7 Å². The van der Waals surface area contributed by atoms with E-state index in [1.54, 1.807) is 12.1 Å². The molecular formula is C15H14N2O. The Labute approximate surface area is 107 Å². The summed E-state index contributed by atoms with van der Waals surface area (Å²) in [5, 5.41) is 12.1. The molecule has 0 amide bonds. The van der Waals surface area contributed by atoms with Crippen molar-refractivity contribution >= 4 is 0 Å². The van der Waals surface area contributed by atoms with Crippen LogP contribution < -0.4 is 10.1 Å². The fourth-order valence-corrected chi connectivity index (χ4v) is 1.65. The van der Waals surface area contributed by atoms with Crippen LogP contribution in [0.5, 0.6) is 11.5 Å². The van der Waals surface area contributed by atoms with Crippen molar-refractivity contribution in [2.24, 2.45) is 0 Å². The summed E-state index contributed by atoms with van der Waals surface area (Å²) < 4.78 is 5.69. The van der Waals surface area contributed by atoms with Gasteiger partial charge in [0.25, 0.3) is 0 Å². The summed E-state index contributed by atoms with van der Waals surface area (Å²) in [6, 6.07) is 17.1. The smallest absolute Gasteiger partial charge is 0.145 e. The molecule has 0 saturated heterocycles. The van der Waals surface area contributed by atoms with E-state index in [1.165, 1.54) is 5.56 Å². The summed E-state index contributed by atoms with van der Waals surface area (Å²) in [7, 11) is 1.91. The maximum atomic E-state index is 8.97. The van der Waals surface area contributed by atoms with Gasteiger partial charge in [-0.05, 0) is 36.9 Å². The molecule has 2 aromatic rings. The molecule has 2 aromatic carbocycles. The minimum Gasteiger partial charge on any atom is -0.456 e. The first-order valence-corrected chi connectivity index (χ1v) is 5.74. The van der Waals surface area contributed by atoms with Crippen LogP contribution in [0.25, 0.3) is 0 Å². The number of nitrogens with one attached hydrogen (secondary N) is 1. The van der Waals surface area contributed by atoms with Crippen LogP contribution in [-0.2, 0) is 6.54 Å². The van der Waals surface area contributed by atoms with Crippen LogP contribution in [0.4, 0.5) is 0 Å². The molecule has 0 aliphatic rings. The summed E-state index contributed by atoms with van der Waals surface area (Å²) in [6.45, 7) is 0.828. The van der Waals surface area contributed by atoms with Gasteiger partial charge in [0.05, 0.1) is 5.56 Å². The first-order chi connectivity index (χ1) is 8.83. The van der Waals surface area contributed by atoms with E-state index in [9.17, 15) is 0 Å². The van der Waals surface area contributed by atoms with Gasteiger partial charge in [-0.25, -0.2) is 0 Å². The normalized spacial score (nSPS) is 9.78. The van der Waals surface area contributed by atoms with Gasteiger partial charge in [0.15, 0.2) is 0 Å². The van der Waals surface area contributed by atoms with E-state index in [-0.39, 0.29) is 0 Å². The first kappa shape index (κ1) is 12.2. The van der Waals surface area contributed by atoms with Crippen LogP contribution in [0, 0.1) is 11.3 Å². The van der Waals surface area contributed by atoms with Crippen molar-refractivity contribution < 1.29 is 4.74 Å². The fraction of sp³-hybridized carbons (Fsp3) is 0.133. The molecule has 0 spiro atoms. The lowest BCUT2D eigenvalue weighted by Crippen LogP contribution is -2.04. The van der Waals surface area contributed by atoms with Crippen molar-refractivity contribution in [2.75, 3.05) is 7.05 Å². The van der Waals surface area contributed by atoms with Gasteiger partial charge in [-0.1, -0.05) is 24.3 Å². The Hall–Kier alpha value is -2.31. The van der Waals surface area contributed by atoms with E-state index in [0.717, 1.165) is 12.3 Å². The summed E-state index contributed by atoms with van der Waals surface area (Å²) in [5.41, 5.74) is 1.73. The van der Waals surface area contributed by atoms with Gasteiger partial charge >= 0.3 is 0 Å².